The first kappa shape index (κ1) is 22.6. The molecule has 168 valence electrons. The Bertz CT molecular complexity index is 1060. The van der Waals surface area contributed by atoms with E-state index in [0.717, 1.165) is 53.1 Å². The van der Waals surface area contributed by atoms with Gasteiger partial charge >= 0.3 is 0 Å². The van der Waals surface area contributed by atoms with Crippen molar-refractivity contribution in [2.24, 2.45) is 0 Å². The van der Waals surface area contributed by atoms with E-state index in [9.17, 15) is 4.79 Å². The van der Waals surface area contributed by atoms with Crippen molar-refractivity contribution in [2.45, 2.75) is 51.2 Å². The van der Waals surface area contributed by atoms with E-state index in [0.29, 0.717) is 5.92 Å². The predicted octanol–water partition coefficient (Wildman–Crippen LogP) is 5.03. The van der Waals surface area contributed by atoms with E-state index in [2.05, 4.69) is 57.0 Å². The molecule has 0 radical (unpaired) electrons. The summed E-state index contributed by atoms with van der Waals surface area (Å²) < 4.78 is 2.09. The summed E-state index contributed by atoms with van der Waals surface area (Å²) in [5, 5.41) is 12.8. The molecule has 3 aromatic rings. The Morgan fingerprint density at radius 3 is 2.53 bits per heavy atom. The van der Waals surface area contributed by atoms with Gasteiger partial charge in [-0.2, -0.15) is 0 Å². The summed E-state index contributed by atoms with van der Waals surface area (Å²) in [6, 6.07) is 16.3. The van der Waals surface area contributed by atoms with Gasteiger partial charge < -0.3 is 5.32 Å². The van der Waals surface area contributed by atoms with Crippen LogP contribution in [0.2, 0.25) is 0 Å². The molecular weight excluding hydrogens is 418 g/mol. The lowest BCUT2D eigenvalue weighted by molar-refractivity contribution is -0.113. The molecule has 1 N–H and O–H groups in total. The fourth-order valence-electron chi connectivity index (χ4n) is 4.12. The van der Waals surface area contributed by atoms with Gasteiger partial charge in [-0.25, -0.2) is 0 Å². The Kier molecular flexibility index (Phi) is 7.27. The van der Waals surface area contributed by atoms with Crippen LogP contribution in [0.5, 0.6) is 0 Å². The molecule has 1 fully saturated rings. The molecule has 2 heterocycles. The fraction of sp³-hybridized carbons (Fsp3) is 0.400. The summed E-state index contributed by atoms with van der Waals surface area (Å²) in [5.41, 5.74) is 4.18. The van der Waals surface area contributed by atoms with E-state index in [1.54, 1.807) is 0 Å². The Morgan fingerprint density at radius 2 is 1.81 bits per heavy atom. The Morgan fingerprint density at radius 1 is 1.06 bits per heavy atom. The summed E-state index contributed by atoms with van der Waals surface area (Å²) in [4.78, 5) is 15.3. The predicted molar refractivity (Wildman–Crippen MR) is 130 cm³/mol. The van der Waals surface area contributed by atoms with Gasteiger partial charge in [-0.15, -0.1) is 10.2 Å². The minimum absolute atomic E-state index is 0.0325. The van der Waals surface area contributed by atoms with Crippen molar-refractivity contribution in [3.63, 3.8) is 0 Å². The summed E-state index contributed by atoms with van der Waals surface area (Å²) >= 11 is 1.43. The van der Waals surface area contributed by atoms with Crippen LogP contribution in [0.3, 0.4) is 0 Å². The van der Waals surface area contributed by atoms with Crippen molar-refractivity contribution >= 4 is 23.4 Å². The molecule has 0 aliphatic carbocycles. The number of nitrogens with zero attached hydrogens (tertiary/aromatic N) is 4. The number of rotatable bonds is 8. The van der Waals surface area contributed by atoms with Crippen LogP contribution < -0.4 is 5.32 Å². The van der Waals surface area contributed by atoms with Crippen molar-refractivity contribution in [1.29, 1.82) is 0 Å². The van der Waals surface area contributed by atoms with E-state index in [4.69, 9.17) is 0 Å². The minimum atomic E-state index is -0.0325. The number of hydrogen-bond donors (Lipinski definition) is 1. The Balaban J connectivity index is 1.51. The SMILES string of the molecule is Cc1cccc(C(C)C)c1NC(=O)CSc1nnc(CN2CCCC2)n1-c1ccccc1. The second-order valence-corrected chi connectivity index (χ2v) is 9.53. The molecule has 6 nitrogen and oxygen atoms in total. The van der Waals surface area contributed by atoms with Crippen LogP contribution in [0.25, 0.3) is 5.69 Å². The first-order chi connectivity index (χ1) is 15.5. The highest BCUT2D eigenvalue weighted by atomic mass is 32.2. The summed E-state index contributed by atoms with van der Waals surface area (Å²) in [7, 11) is 0. The molecule has 0 bridgehead atoms. The van der Waals surface area contributed by atoms with Crippen molar-refractivity contribution in [3.8, 4) is 5.69 Å². The van der Waals surface area contributed by atoms with E-state index in [1.165, 1.54) is 24.6 Å². The van der Waals surface area contributed by atoms with Gasteiger partial charge in [-0.05, 0) is 62.0 Å². The Labute approximate surface area is 194 Å². The molecule has 1 aromatic heterocycles. The second-order valence-electron chi connectivity index (χ2n) is 8.58. The number of aryl methyl sites for hydroxylation is 1. The highest BCUT2D eigenvalue weighted by Crippen LogP contribution is 2.28. The molecular formula is C25H31N5OS. The summed E-state index contributed by atoms with van der Waals surface area (Å²) in [5.74, 6) is 1.50. The summed E-state index contributed by atoms with van der Waals surface area (Å²) in [6.07, 6.45) is 2.47. The Hall–Kier alpha value is -2.64. The van der Waals surface area contributed by atoms with Crippen LogP contribution >= 0.6 is 11.8 Å². The third-order valence-corrected chi connectivity index (χ3v) is 6.73. The zero-order chi connectivity index (χ0) is 22.5. The van der Waals surface area contributed by atoms with Gasteiger partial charge in [0, 0.05) is 11.4 Å². The van der Waals surface area contributed by atoms with Gasteiger partial charge in [-0.3, -0.25) is 14.3 Å². The normalized spacial score (nSPS) is 14.2. The number of hydrogen-bond acceptors (Lipinski definition) is 5. The largest absolute Gasteiger partial charge is 0.325 e. The third-order valence-electron chi connectivity index (χ3n) is 5.80. The number of carbonyl (C=O) groups excluding carboxylic acids is 1. The number of carbonyl (C=O) groups is 1. The number of nitrogens with one attached hydrogen (secondary N) is 1. The zero-order valence-corrected chi connectivity index (χ0v) is 19.9. The monoisotopic (exact) mass is 449 g/mol. The van der Waals surface area contributed by atoms with Crippen LogP contribution in [0.15, 0.2) is 53.7 Å². The molecule has 0 atom stereocenters. The quantitative estimate of drug-likeness (QED) is 0.489. The van der Waals surface area contributed by atoms with E-state index in [1.807, 2.05) is 37.3 Å². The van der Waals surface area contributed by atoms with Gasteiger partial charge in [0.05, 0.1) is 12.3 Å². The zero-order valence-electron chi connectivity index (χ0n) is 19.0. The molecule has 1 aliphatic rings. The first-order valence-corrected chi connectivity index (χ1v) is 12.3. The van der Waals surface area contributed by atoms with Crippen molar-refractivity contribution in [1.82, 2.24) is 19.7 Å². The molecule has 7 heteroatoms. The molecule has 2 aromatic carbocycles. The van der Waals surface area contributed by atoms with Gasteiger partial charge in [0.1, 0.15) is 0 Å². The molecule has 1 saturated heterocycles. The molecule has 0 spiro atoms. The molecule has 0 saturated carbocycles. The topological polar surface area (TPSA) is 63.1 Å². The van der Waals surface area contributed by atoms with Crippen molar-refractivity contribution in [3.05, 3.63) is 65.5 Å². The molecule has 0 unspecified atom stereocenters. The lowest BCUT2D eigenvalue weighted by atomic mass is 9.98. The number of benzene rings is 2. The van der Waals surface area contributed by atoms with Crippen LogP contribution in [-0.4, -0.2) is 44.4 Å². The maximum atomic E-state index is 12.8. The fourth-order valence-corrected chi connectivity index (χ4v) is 4.89. The average Bonchev–Trinajstić information content (AvgIpc) is 3.44. The lowest BCUT2D eigenvalue weighted by Gasteiger charge is -2.17. The van der Waals surface area contributed by atoms with Gasteiger partial charge in [0.15, 0.2) is 11.0 Å². The number of aromatic nitrogens is 3. The average molecular weight is 450 g/mol. The third kappa shape index (κ3) is 5.22. The molecule has 32 heavy (non-hydrogen) atoms. The van der Waals surface area contributed by atoms with Crippen LogP contribution in [0, 0.1) is 6.92 Å². The molecule has 4 rings (SSSR count). The number of anilines is 1. The van der Waals surface area contributed by atoms with Crippen LogP contribution in [-0.2, 0) is 11.3 Å². The van der Waals surface area contributed by atoms with Gasteiger partial charge in [0.25, 0.3) is 0 Å². The number of amides is 1. The first-order valence-electron chi connectivity index (χ1n) is 11.3. The molecule has 1 amide bonds. The standard InChI is InChI=1S/C25H31N5OS/c1-18(2)21-13-9-10-19(3)24(21)26-23(31)17-32-25-28-27-22(16-29-14-7-8-15-29)30(25)20-11-5-4-6-12-20/h4-6,9-13,18H,7-8,14-17H2,1-3H3,(H,26,31). The maximum Gasteiger partial charge on any atom is 0.234 e. The number of thioether (sulfide) groups is 1. The second kappa shape index (κ2) is 10.3. The van der Waals surface area contributed by atoms with Crippen LogP contribution in [0.4, 0.5) is 5.69 Å². The smallest absolute Gasteiger partial charge is 0.234 e. The van der Waals surface area contributed by atoms with Gasteiger partial charge in [0.2, 0.25) is 5.91 Å². The van der Waals surface area contributed by atoms with Crippen LogP contribution in [0.1, 0.15) is 49.6 Å². The minimum Gasteiger partial charge on any atom is -0.325 e. The maximum absolute atomic E-state index is 12.8. The van der Waals surface area contributed by atoms with Gasteiger partial charge in [-0.1, -0.05) is 62.0 Å². The van der Waals surface area contributed by atoms with E-state index < -0.39 is 0 Å². The highest BCUT2D eigenvalue weighted by Gasteiger charge is 2.20. The lowest BCUT2D eigenvalue weighted by Crippen LogP contribution is -2.21. The number of likely N-dealkylation sites (tertiary alicyclic amines) is 1. The summed E-state index contributed by atoms with van der Waals surface area (Å²) in [6.45, 7) is 9.29. The van der Waals surface area contributed by atoms with E-state index >= 15 is 0 Å². The molecule has 1 aliphatic heterocycles. The number of para-hydroxylation sites is 2. The van der Waals surface area contributed by atoms with E-state index in [-0.39, 0.29) is 11.7 Å². The highest BCUT2D eigenvalue weighted by molar-refractivity contribution is 7.99. The van der Waals surface area contributed by atoms with Crippen molar-refractivity contribution < 1.29 is 4.79 Å². The van der Waals surface area contributed by atoms with Crippen molar-refractivity contribution in [2.75, 3.05) is 24.2 Å².